The van der Waals surface area contributed by atoms with Crippen LogP contribution in [-0.4, -0.2) is 19.9 Å². The Morgan fingerprint density at radius 1 is 0.667 bits per heavy atom. The maximum absolute atomic E-state index is 5.70. The Hall–Kier alpha value is -1.53. The van der Waals surface area contributed by atoms with Gasteiger partial charge in [0.1, 0.15) is 20.1 Å². The fourth-order valence-electron chi connectivity index (χ4n) is 1.93. The van der Waals surface area contributed by atoms with E-state index in [1.807, 2.05) is 18.2 Å². The molecule has 4 nitrogen and oxygen atoms in total. The van der Waals surface area contributed by atoms with Crippen molar-refractivity contribution in [2.24, 2.45) is 0 Å². The molecule has 4 aromatic rings. The highest BCUT2D eigenvalue weighted by Gasteiger charge is 1.98. The quantitative estimate of drug-likeness (QED) is 0.314. The van der Waals surface area contributed by atoms with Gasteiger partial charge in [-0.25, -0.2) is 19.9 Å². The van der Waals surface area contributed by atoms with Gasteiger partial charge >= 0.3 is 0 Å². The number of halogens is 4. The van der Waals surface area contributed by atoms with Gasteiger partial charge in [-0.2, -0.15) is 0 Å². The van der Waals surface area contributed by atoms with Crippen molar-refractivity contribution in [3.05, 3.63) is 68.9 Å². The van der Waals surface area contributed by atoms with Gasteiger partial charge in [-0.05, 0) is 40.2 Å². The van der Waals surface area contributed by atoms with Gasteiger partial charge in [0.2, 0.25) is 0 Å². The zero-order valence-electron chi connectivity index (χ0n) is 11.9. The molecule has 0 saturated heterocycles. The summed E-state index contributed by atoms with van der Waals surface area (Å²) < 4.78 is 0.803. The number of hydrogen-bond acceptors (Lipinski definition) is 4. The summed E-state index contributed by atoms with van der Waals surface area (Å²) in [5.74, 6) is 0. The van der Waals surface area contributed by atoms with Gasteiger partial charge in [0.25, 0.3) is 0 Å². The average molecular weight is 443 g/mol. The second-order valence-electron chi connectivity index (χ2n) is 4.67. The average Bonchev–Trinajstić information content (AvgIpc) is 2.54. The molecule has 0 fully saturated rings. The van der Waals surface area contributed by atoms with E-state index < -0.39 is 0 Å². The summed E-state index contributed by atoms with van der Waals surface area (Å²) in [6.45, 7) is 0. The Morgan fingerprint density at radius 2 is 1.21 bits per heavy atom. The van der Waals surface area contributed by atoms with Crippen LogP contribution in [0.15, 0.2) is 53.4 Å². The molecule has 0 aliphatic heterocycles. The first-order valence-corrected chi connectivity index (χ1v) is 8.59. The standard InChI is InChI=1S/C8H4BrClN2.C8H4Cl2N2/c2*9-7-2-1-5-4-11-8(10)3-6(5)12-7/h2*1-4H. The van der Waals surface area contributed by atoms with Crippen molar-refractivity contribution in [2.45, 2.75) is 0 Å². The number of rotatable bonds is 0. The molecular formula is C16H8BrCl3N4. The molecule has 4 heterocycles. The van der Waals surface area contributed by atoms with E-state index in [9.17, 15) is 0 Å². The van der Waals surface area contributed by atoms with Gasteiger partial charge in [-0.15, -0.1) is 0 Å². The molecule has 4 rings (SSSR count). The highest BCUT2D eigenvalue weighted by atomic mass is 79.9. The molecular weight excluding hydrogens is 434 g/mol. The van der Waals surface area contributed by atoms with Crippen LogP contribution in [0, 0.1) is 0 Å². The van der Waals surface area contributed by atoms with Crippen molar-refractivity contribution in [1.82, 2.24) is 19.9 Å². The van der Waals surface area contributed by atoms with Gasteiger partial charge in [0.05, 0.1) is 11.0 Å². The highest BCUT2D eigenvalue weighted by Crippen LogP contribution is 2.18. The second kappa shape index (κ2) is 7.57. The zero-order chi connectivity index (χ0) is 17.1. The molecule has 120 valence electrons. The Bertz CT molecular complexity index is 870. The lowest BCUT2D eigenvalue weighted by Crippen LogP contribution is -1.81. The fourth-order valence-corrected chi connectivity index (χ4v) is 2.72. The van der Waals surface area contributed by atoms with E-state index in [4.69, 9.17) is 34.8 Å². The third-order valence-electron chi connectivity index (χ3n) is 3.01. The Labute approximate surface area is 161 Å². The van der Waals surface area contributed by atoms with E-state index in [0.29, 0.717) is 15.5 Å². The number of nitrogens with zero attached hydrogens (tertiary/aromatic N) is 4. The summed E-state index contributed by atoms with van der Waals surface area (Å²) in [6.07, 6.45) is 3.37. The summed E-state index contributed by atoms with van der Waals surface area (Å²) >= 11 is 20.4. The zero-order valence-corrected chi connectivity index (χ0v) is 15.8. The molecule has 0 aliphatic carbocycles. The van der Waals surface area contributed by atoms with Crippen LogP contribution in [-0.2, 0) is 0 Å². The lowest BCUT2D eigenvalue weighted by Gasteiger charge is -1.96. The van der Waals surface area contributed by atoms with E-state index in [2.05, 4.69) is 35.9 Å². The van der Waals surface area contributed by atoms with Crippen LogP contribution in [0.25, 0.3) is 21.8 Å². The van der Waals surface area contributed by atoms with Crippen LogP contribution in [0.1, 0.15) is 0 Å². The molecule has 0 unspecified atom stereocenters. The maximum Gasteiger partial charge on any atom is 0.131 e. The lowest BCUT2D eigenvalue weighted by molar-refractivity contribution is 1.30. The van der Waals surface area contributed by atoms with Crippen LogP contribution < -0.4 is 0 Å². The first-order valence-electron chi connectivity index (χ1n) is 6.67. The molecule has 0 aliphatic rings. The minimum atomic E-state index is 0.428. The first-order chi connectivity index (χ1) is 11.5. The van der Waals surface area contributed by atoms with E-state index in [-0.39, 0.29) is 0 Å². The largest absolute Gasteiger partial charge is 0.244 e. The smallest absolute Gasteiger partial charge is 0.131 e. The molecule has 0 atom stereocenters. The van der Waals surface area contributed by atoms with Gasteiger partial charge < -0.3 is 0 Å². The van der Waals surface area contributed by atoms with E-state index >= 15 is 0 Å². The predicted octanol–water partition coefficient (Wildman–Crippen LogP) is 5.98. The molecule has 4 aromatic heterocycles. The van der Waals surface area contributed by atoms with Crippen molar-refractivity contribution >= 4 is 72.5 Å². The number of fused-ring (bicyclic) bond motifs is 2. The summed E-state index contributed by atoms with van der Waals surface area (Å²) in [4.78, 5) is 16.2. The van der Waals surface area contributed by atoms with E-state index in [1.165, 1.54) is 0 Å². The van der Waals surface area contributed by atoms with Crippen molar-refractivity contribution in [2.75, 3.05) is 0 Å². The number of hydrogen-bond donors (Lipinski definition) is 0. The molecule has 0 N–H and O–H groups in total. The van der Waals surface area contributed by atoms with E-state index in [0.717, 1.165) is 26.4 Å². The van der Waals surface area contributed by atoms with Gasteiger partial charge in [0.15, 0.2) is 0 Å². The third kappa shape index (κ3) is 4.30. The van der Waals surface area contributed by atoms with E-state index in [1.54, 1.807) is 30.6 Å². The van der Waals surface area contributed by atoms with Gasteiger partial charge in [0, 0.05) is 35.3 Å². The molecule has 0 amide bonds. The van der Waals surface area contributed by atoms with Crippen LogP contribution in [0.3, 0.4) is 0 Å². The van der Waals surface area contributed by atoms with Gasteiger partial charge in [-0.3, -0.25) is 0 Å². The molecule has 0 saturated carbocycles. The molecule has 0 bridgehead atoms. The Kier molecular flexibility index (Phi) is 5.46. The first kappa shape index (κ1) is 17.3. The topological polar surface area (TPSA) is 51.6 Å². The summed E-state index contributed by atoms with van der Waals surface area (Å²) in [7, 11) is 0. The van der Waals surface area contributed by atoms with Crippen LogP contribution in [0.2, 0.25) is 15.5 Å². The summed E-state index contributed by atoms with van der Waals surface area (Å²) in [6, 6.07) is 10.8. The monoisotopic (exact) mass is 440 g/mol. The van der Waals surface area contributed by atoms with Crippen molar-refractivity contribution in [3.63, 3.8) is 0 Å². The lowest BCUT2D eigenvalue weighted by atomic mass is 10.3. The molecule has 8 heteroatoms. The van der Waals surface area contributed by atoms with Crippen molar-refractivity contribution in [1.29, 1.82) is 0 Å². The molecule has 24 heavy (non-hydrogen) atoms. The van der Waals surface area contributed by atoms with Crippen LogP contribution >= 0.6 is 50.7 Å². The molecule has 0 spiro atoms. The molecule has 0 radical (unpaired) electrons. The highest BCUT2D eigenvalue weighted by molar-refractivity contribution is 9.10. The predicted molar refractivity (Wildman–Crippen MR) is 102 cm³/mol. The normalized spacial score (nSPS) is 10.5. The fraction of sp³-hybridized carbons (Fsp3) is 0. The Morgan fingerprint density at radius 3 is 1.83 bits per heavy atom. The van der Waals surface area contributed by atoms with Crippen LogP contribution in [0.5, 0.6) is 0 Å². The second-order valence-corrected chi connectivity index (χ2v) is 6.64. The van der Waals surface area contributed by atoms with Crippen molar-refractivity contribution in [3.8, 4) is 0 Å². The van der Waals surface area contributed by atoms with Gasteiger partial charge in [-0.1, -0.05) is 34.8 Å². The molecule has 0 aromatic carbocycles. The summed E-state index contributed by atoms with van der Waals surface area (Å²) in [5.41, 5.74) is 1.62. The SMILES string of the molecule is Clc1cc2nc(Br)ccc2cn1.Clc1cc2nc(Cl)ccc2cn1. The minimum absolute atomic E-state index is 0.428. The third-order valence-corrected chi connectivity index (χ3v) is 4.08. The number of pyridine rings is 4. The van der Waals surface area contributed by atoms with Crippen molar-refractivity contribution < 1.29 is 0 Å². The van der Waals surface area contributed by atoms with Crippen LogP contribution in [0.4, 0.5) is 0 Å². The minimum Gasteiger partial charge on any atom is -0.244 e. The maximum atomic E-state index is 5.70. The number of aromatic nitrogens is 4. The Balaban J connectivity index is 0.000000141. The summed E-state index contributed by atoms with van der Waals surface area (Å²) in [5, 5.41) is 3.28.